The van der Waals surface area contributed by atoms with E-state index in [0.29, 0.717) is 23.2 Å². The number of carbonyl (C=O) groups excluding carboxylic acids is 1. The Hall–Kier alpha value is -3.20. The molecule has 0 unspecified atom stereocenters. The molecule has 2 heterocycles. The molecule has 28 heavy (non-hydrogen) atoms. The van der Waals surface area contributed by atoms with E-state index in [9.17, 15) is 9.59 Å². The van der Waals surface area contributed by atoms with Crippen molar-refractivity contribution < 1.29 is 4.79 Å². The van der Waals surface area contributed by atoms with Gasteiger partial charge in [0.05, 0.1) is 5.75 Å². The smallest absolute Gasteiger partial charge is 0.274 e. The van der Waals surface area contributed by atoms with Crippen LogP contribution in [-0.2, 0) is 5.75 Å². The van der Waals surface area contributed by atoms with Gasteiger partial charge in [-0.25, -0.2) is 15.0 Å². The largest absolute Gasteiger partial charge is 0.324 e. The molecule has 3 aromatic rings. The van der Waals surface area contributed by atoms with Crippen LogP contribution >= 0.6 is 11.8 Å². The maximum atomic E-state index is 12.5. The number of anilines is 3. The van der Waals surface area contributed by atoms with Crippen molar-refractivity contribution in [1.29, 1.82) is 0 Å². The van der Waals surface area contributed by atoms with Gasteiger partial charge in [0.1, 0.15) is 11.5 Å². The summed E-state index contributed by atoms with van der Waals surface area (Å²) in [5.41, 5.74) is 2.73. The lowest BCUT2D eigenvalue weighted by Gasteiger charge is -2.10. The Morgan fingerprint density at radius 2 is 1.79 bits per heavy atom. The maximum absolute atomic E-state index is 12.5. The SMILES string of the molecule is CSCc1nc(C(=O)Nc2cccc(Nc3nc(C)cc(C)n3)c2)cc(=O)[nH]1. The van der Waals surface area contributed by atoms with E-state index < -0.39 is 5.91 Å². The second-order valence-electron chi connectivity index (χ2n) is 6.14. The van der Waals surface area contributed by atoms with E-state index in [1.54, 1.807) is 18.2 Å². The molecule has 0 aliphatic carbocycles. The molecule has 8 nitrogen and oxygen atoms in total. The number of benzene rings is 1. The zero-order valence-corrected chi connectivity index (χ0v) is 16.6. The van der Waals surface area contributed by atoms with Crippen molar-refractivity contribution in [1.82, 2.24) is 19.9 Å². The first-order valence-electron chi connectivity index (χ1n) is 8.53. The van der Waals surface area contributed by atoms with Crippen molar-refractivity contribution in [2.75, 3.05) is 16.9 Å². The molecule has 3 N–H and O–H groups in total. The van der Waals surface area contributed by atoms with Gasteiger partial charge in [-0.2, -0.15) is 11.8 Å². The number of thioether (sulfide) groups is 1. The molecular formula is C19H20N6O2S. The lowest BCUT2D eigenvalue weighted by Crippen LogP contribution is -2.20. The molecule has 1 amide bonds. The van der Waals surface area contributed by atoms with E-state index in [2.05, 4.69) is 30.6 Å². The van der Waals surface area contributed by atoms with Crippen LogP contribution in [0.2, 0.25) is 0 Å². The van der Waals surface area contributed by atoms with Crippen LogP contribution in [0.15, 0.2) is 41.2 Å². The van der Waals surface area contributed by atoms with Crippen molar-refractivity contribution in [2.45, 2.75) is 19.6 Å². The lowest BCUT2D eigenvalue weighted by atomic mass is 10.2. The summed E-state index contributed by atoms with van der Waals surface area (Å²) < 4.78 is 0. The van der Waals surface area contributed by atoms with E-state index in [-0.39, 0.29) is 11.3 Å². The van der Waals surface area contributed by atoms with E-state index in [0.717, 1.165) is 17.1 Å². The van der Waals surface area contributed by atoms with E-state index in [1.165, 1.54) is 17.8 Å². The molecule has 0 atom stereocenters. The topological polar surface area (TPSA) is 113 Å². The molecule has 1 aromatic carbocycles. The first-order valence-corrected chi connectivity index (χ1v) is 9.92. The molecule has 0 fully saturated rings. The van der Waals surface area contributed by atoms with E-state index in [4.69, 9.17) is 0 Å². The average molecular weight is 396 g/mol. The van der Waals surface area contributed by atoms with Gasteiger partial charge in [0, 0.05) is 28.8 Å². The quantitative estimate of drug-likeness (QED) is 0.587. The molecule has 9 heteroatoms. The summed E-state index contributed by atoms with van der Waals surface area (Å²) in [4.78, 5) is 39.8. The highest BCUT2D eigenvalue weighted by Gasteiger charge is 2.11. The predicted molar refractivity (Wildman–Crippen MR) is 111 cm³/mol. The third-order valence-electron chi connectivity index (χ3n) is 3.66. The Kier molecular flexibility index (Phi) is 6.05. The Balaban J connectivity index is 1.77. The van der Waals surface area contributed by atoms with Gasteiger partial charge in [0.25, 0.3) is 11.5 Å². The number of aromatic amines is 1. The van der Waals surface area contributed by atoms with Crippen molar-refractivity contribution in [3.8, 4) is 0 Å². The van der Waals surface area contributed by atoms with Crippen LogP contribution in [0, 0.1) is 13.8 Å². The fourth-order valence-electron chi connectivity index (χ4n) is 2.61. The van der Waals surface area contributed by atoms with Gasteiger partial charge in [-0.15, -0.1) is 0 Å². The molecule has 0 saturated carbocycles. The van der Waals surface area contributed by atoms with Gasteiger partial charge in [-0.05, 0) is 44.4 Å². The molecule has 3 rings (SSSR count). The van der Waals surface area contributed by atoms with Crippen LogP contribution in [0.4, 0.5) is 17.3 Å². The molecule has 0 saturated heterocycles. The fraction of sp³-hybridized carbons (Fsp3) is 0.211. The minimum Gasteiger partial charge on any atom is -0.324 e. The van der Waals surface area contributed by atoms with Crippen molar-refractivity contribution in [2.24, 2.45) is 0 Å². The van der Waals surface area contributed by atoms with Crippen LogP contribution < -0.4 is 16.2 Å². The monoisotopic (exact) mass is 396 g/mol. The highest BCUT2D eigenvalue weighted by Crippen LogP contribution is 2.19. The molecule has 144 valence electrons. The number of nitrogens with one attached hydrogen (secondary N) is 3. The fourth-order valence-corrected chi connectivity index (χ4v) is 3.02. The normalized spacial score (nSPS) is 10.5. The minimum atomic E-state index is -0.451. The van der Waals surface area contributed by atoms with Crippen molar-refractivity contribution in [3.05, 3.63) is 69.7 Å². The Labute approximate surface area is 166 Å². The van der Waals surface area contributed by atoms with Crippen LogP contribution in [0.5, 0.6) is 0 Å². The Morgan fingerprint density at radius 1 is 1.07 bits per heavy atom. The minimum absolute atomic E-state index is 0.0730. The number of aryl methyl sites for hydroxylation is 2. The van der Waals surface area contributed by atoms with Gasteiger partial charge < -0.3 is 15.6 Å². The Morgan fingerprint density at radius 3 is 2.50 bits per heavy atom. The average Bonchev–Trinajstić information content (AvgIpc) is 2.61. The number of hydrogen-bond acceptors (Lipinski definition) is 7. The molecule has 0 radical (unpaired) electrons. The van der Waals surface area contributed by atoms with Gasteiger partial charge in [-0.3, -0.25) is 9.59 Å². The maximum Gasteiger partial charge on any atom is 0.274 e. The first kappa shape index (κ1) is 19.6. The summed E-state index contributed by atoms with van der Waals surface area (Å²) in [6.45, 7) is 3.80. The van der Waals surface area contributed by atoms with Gasteiger partial charge in [-0.1, -0.05) is 6.07 Å². The highest BCUT2D eigenvalue weighted by atomic mass is 32.2. The number of carbonyl (C=O) groups is 1. The summed E-state index contributed by atoms with van der Waals surface area (Å²) in [6, 6.07) is 10.2. The molecule has 2 aromatic heterocycles. The molecule has 0 spiro atoms. The Bertz CT molecular complexity index is 1050. The number of rotatable bonds is 6. The van der Waals surface area contributed by atoms with Gasteiger partial charge in [0.15, 0.2) is 0 Å². The number of hydrogen-bond donors (Lipinski definition) is 3. The molecule has 0 bridgehead atoms. The van der Waals surface area contributed by atoms with Crippen LogP contribution in [-0.4, -0.2) is 32.1 Å². The van der Waals surface area contributed by atoms with Crippen LogP contribution in [0.1, 0.15) is 27.7 Å². The predicted octanol–water partition coefficient (Wildman–Crippen LogP) is 3.04. The summed E-state index contributed by atoms with van der Waals surface area (Å²) >= 11 is 1.51. The summed E-state index contributed by atoms with van der Waals surface area (Å²) in [6.07, 6.45) is 1.89. The van der Waals surface area contributed by atoms with E-state index >= 15 is 0 Å². The number of aromatic nitrogens is 4. The highest BCUT2D eigenvalue weighted by molar-refractivity contribution is 7.97. The molecule has 0 aliphatic rings. The third-order valence-corrected chi connectivity index (χ3v) is 4.23. The molecule has 0 aliphatic heterocycles. The summed E-state index contributed by atoms with van der Waals surface area (Å²) in [5, 5.41) is 5.89. The number of amides is 1. The van der Waals surface area contributed by atoms with Crippen LogP contribution in [0.3, 0.4) is 0 Å². The second-order valence-corrected chi connectivity index (χ2v) is 7.01. The second kappa shape index (κ2) is 8.66. The third kappa shape index (κ3) is 5.17. The number of nitrogens with zero attached hydrogens (tertiary/aromatic N) is 3. The molecular weight excluding hydrogens is 376 g/mol. The standard InChI is InChI=1S/C19H20N6O2S/c1-11-7-12(2)21-19(20-11)23-14-6-4-5-13(8-14)22-18(27)15-9-17(26)25-16(24-15)10-28-3/h4-9H,10H2,1-3H3,(H,22,27)(H,20,21,23)(H,24,25,26). The number of H-pyrrole nitrogens is 1. The van der Waals surface area contributed by atoms with Gasteiger partial charge in [0.2, 0.25) is 5.95 Å². The van der Waals surface area contributed by atoms with Crippen molar-refractivity contribution >= 4 is 35.0 Å². The summed E-state index contributed by atoms with van der Waals surface area (Å²) in [7, 11) is 0. The lowest BCUT2D eigenvalue weighted by molar-refractivity contribution is 0.102. The summed E-state index contributed by atoms with van der Waals surface area (Å²) in [5.74, 6) is 1.02. The zero-order valence-electron chi connectivity index (χ0n) is 15.7. The van der Waals surface area contributed by atoms with Crippen molar-refractivity contribution in [3.63, 3.8) is 0 Å². The van der Waals surface area contributed by atoms with E-state index in [1.807, 2.05) is 32.2 Å². The van der Waals surface area contributed by atoms with Crippen LogP contribution in [0.25, 0.3) is 0 Å². The van der Waals surface area contributed by atoms with Gasteiger partial charge >= 0.3 is 0 Å². The zero-order chi connectivity index (χ0) is 20.1. The first-order chi connectivity index (χ1) is 13.4.